The van der Waals surface area contributed by atoms with E-state index in [0.29, 0.717) is 6.42 Å². The molecule has 0 aliphatic heterocycles. The fourth-order valence-electron chi connectivity index (χ4n) is 1.14. The van der Waals surface area contributed by atoms with Crippen LogP contribution >= 0.6 is 0 Å². The lowest BCUT2D eigenvalue weighted by molar-refractivity contribution is -0.422. The highest BCUT2D eigenvalue weighted by atomic mass is 16.6. The first-order valence-electron chi connectivity index (χ1n) is 4.57. The molecular weight excluding hydrogens is 200 g/mol. The first-order valence-corrected chi connectivity index (χ1v) is 4.57. The van der Waals surface area contributed by atoms with Gasteiger partial charge in [-0.25, -0.2) is 0 Å². The van der Waals surface area contributed by atoms with Crippen molar-refractivity contribution < 1.29 is 15.1 Å². The van der Waals surface area contributed by atoms with Gasteiger partial charge >= 0.3 is 0 Å². The van der Waals surface area contributed by atoms with E-state index in [1.807, 2.05) is 0 Å². The topological polar surface area (TPSA) is 95.6 Å². The van der Waals surface area contributed by atoms with Crippen molar-refractivity contribution in [1.29, 1.82) is 0 Å². The molecule has 0 aromatic heterocycles. The number of rotatable bonds is 4. The predicted octanol–water partition coefficient (Wildman–Crippen LogP) is 0.277. The van der Waals surface area contributed by atoms with E-state index in [4.69, 9.17) is 0 Å². The summed E-state index contributed by atoms with van der Waals surface area (Å²) in [6, 6.07) is 0. The summed E-state index contributed by atoms with van der Waals surface area (Å²) >= 11 is 0. The van der Waals surface area contributed by atoms with Crippen molar-refractivity contribution in [3.63, 3.8) is 0 Å². The zero-order valence-electron chi connectivity index (χ0n) is 8.30. The average Bonchev–Trinajstić information content (AvgIpc) is 2.18. The van der Waals surface area contributed by atoms with Crippen LogP contribution in [0.3, 0.4) is 0 Å². The molecule has 15 heavy (non-hydrogen) atoms. The first kappa shape index (κ1) is 11.7. The second-order valence-corrected chi connectivity index (χ2v) is 3.19. The van der Waals surface area contributed by atoms with Crippen LogP contribution in [0.1, 0.15) is 19.8 Å². The van der Waals surface area contributed by atoms with Crippen LogP contribution < -0.4 is 5.32 Å². The van der Waals surface area contributed by atoms with Crippen LogP contribution in [0.5, 0.6) is 0 Å². The molecule has 1 aliphatic carbocycles. The zero-order chi connectivity index (χ0) is 11.5. The smallest absolute Gasteiger partial charge is 0.288 e. The largest absolute Gasteiger partial charge is 0.349 e. The maximum atomic E-state index is 10.6. The summed E-state index contributed by atoms with van der Waals surface area (Å²) in [5.74, 6) is -2.12. The zero-order valence-corrected chi connectivity index (χ0v) is 8.30. The molecule has 0 saturated heterocycles. The van der Waals surface area contributed by atoms with Gasteiger partial charge in [-0.15, -0.1) is 0 Å². The summed E-state index contributed by atoms with van der Waals surface area (Å²) in [6.45, 7) is 1.55. The fourth-order valence-corrected chi connectivity index (χ4v) is 1.14. The van der Waals surface area contributed by atoms with Crippen molar-refractivity contribution in [2.24, 2.45) is 0 Å². The highest BCUT2D eigenvalue weighted by Crippen LogP contribution is 2.18. The van der Waals surface area contributed by atoms with E-state index in [9.17, 15) is 20.3 Å². The van der Waals surface area contributed by atoms with Gasteiger partial charge in [0, 0.05) is 6.42 Å². The van der Waals surface area contributed by atoms with E-state index in [-0.39, 0.29) is 17.8 Å². The average molecular weight is 213 g/mol. The summed E-state index contributed by atoms with van der Waals surface area (Å²) < 4.78 is 0. The molecule has 1 rings (SSSR count). The number of hydrogen-bond donors (Lipinski definition) is 3. The maximum absolute atomic E-state index is 10.6. The summed E-state index contributed by atoms with van der Waals surface area (Å²) in [5.41, 5.74) is -0.0310. The van der Waals surface area contributed by atoms with Crippen LogP contribution in [0.25, 0.3) is 0 Å². The molecule has 0 aromatic carbocycles. The van der Waals surface area contributed by atoms with Crippen molar-refractivity contribution in [2.45, 2.75) is 25.7 Å². The Labute approximate surface area is 87.1 Å². The summed E-state index contributed by atoms with van der Waals surface area (Å²) in [4.78, 5) is 10.1. The minimum Gasteiger partial charge on any atom is -0.349 e. The third-order valence-corrected chi connectivity index (χ3v) is 2.03. The molecular formula is C9H13N2O4. The highest BCUT2D eigenvalue weighted by Gasteiger charge is 2.27. The SMILES string of the molecule is CCC(O)(O)NC1=C[CH]CC=C1[N+](=O)[O-]. The van der Waals surface area contributed by atoms with Crippen LogP contribution in [0.2, 0.25) is 0 Å². The van der Waals surface area contributed by atoms with Crippen LogP contribution in [-0.4, -0.2) is 21.0 Å². The third-order valence-electron chi connectivity index (χ3n) is 2.03. The number of nitrogens with zero attached hydrogens (tertiary/aromatic N) is 1. The van der Waals surface area contributed by atoms with Gasteiger partial charge in [-0.2, -0.15) is 0 Å². The van der Waals surface area contributed by atoms with Gasteiger partial charge in [-0.3, -0.25) is 10.1 Å². The van der Waals surface area contributed by atoms with E-state index < -0.39 is 10.8 Å². The molecule has 6 nitrogen and oxygen atoms in total. The summed E-state index contributed by atoms with van der Waals surface area (Å²) in [7, 11) is 0. The molecule has 1 radical (unpaired) electrons. The Balaban J connectivity index is 2.80. The van der Waals surface area contributed by atoms with Gasteiger partial charge in [0.15, 0.2) is 0 Å². The quantitative estimate of drug-likeness (QED) is 0.354. The van der Waals surface area contributed by atoms with E-state index in [1.165, 1.54) is 12.2 Å². The molecule has 0 aromatic rings. The number of hydrogen-bond acceptors (Lipinski definition) is 5. The second kappa shape index (κ2) is 4.41. The predicted molar refractivity (Wildman–Crippen MR) is 52.7 cm³/mol. The normalized spacial score (nSPS) is 16.7. The van der Waals surface area contributed by atoms with Crippen molar-refractivity contribution in [3.8, 4) is 0 Å². The number of aliphatic hydroxyl groups is 2. The van der Waals surface area contributed by atoms with Gasteiger partial charge in [0.2, 0.25) is 5.91 Å². The molecule has 0 unspecified atom stereocenters. The minimum absolute atomic E-state index is 0.0231. The number of nitro groups is 1. The Hall–Kier alpha value is -1.40. The summed E-state index contributed by atoms with van der Waals surface area (Å²) in [5, 5.41) is 31.6. The molecule has 3 N–H and O–H groups in total. The van der Waals surface area contributed by atoms with Gasteiger partial charge in [0.05, 0.1) is 4.92 Å². The molecule has 6 heteroatoms. The van der Waals surface area contributed by atoms with E-state index in [0.717, 1.165) is 0 Å². The van der Waals surface area contributed by atoms with Gasteiger partial charge in [-0.05, 0) is 18.9 Å². The maximum Gasteiger partial charge on any atom is 0.288 e. The lowest BCUT2D eigenvalue weighted by Gasteiger charge is -2.24. The van der Waals surface area contributed by atoms with Crippen LogP contribution in [0, 0.1) is 16.5 Å². The van der Waals surface area contributed by atoms with Crippen molar-refractivity contribution in [1.82, 2.24) is 5.32 Å². The number of nitrogens with one attached hydrogen (secondary N) is 1. The Morgan fingerprint density at radius 3 is 2.87 bits per heavy atom. The van der Waals surface area contributed by atoms with Crippen molar-refractivity contribution >= 4 is 0 Å². The molecule has 0 bridgehead atoms. The second-order valence-electron chi connectivity index (χ2n) is 3.19. The van der Waals surface area contributed by atoms with Crippen LogP contribution in [-0.2, 0) is 0 Å². The molecule has 0 spiro atoms. The van der Waals surface area contributed by atoms with E-state index in [2.05, 4.69) is 5.32 Å². The minimum atomic E-state index is -2.12. The molecule has 1 aliphatic rings. The van der Waals surface area contributed by atoms with Gasteiger partial charge in [0.1, 0.15) is 5.70 Å². The van der Waals surface area contributed by atoms with Gasteiger partial charge in [0.25, 0.3) is 5.70 Å². The van der Waals surface area contributed by atoms with E-state index >= 15 is 0 Å². The summed E-state index contributed by atoms with van der Waals surface area (Å²) in [6.07, 6.45) is 5.07. The Morgan fingerprint density at radius 2 is 2.33 bits per heavy atom. The fraction of sp³-hybridized carbons (Fsp3) is 0.444. The van der Waals surface area contributed by atoms with Crippen molar-refractivity contribution in [3.05, 3.63) is 40.1 Å². The van der Waals surface area contributed by atoms with Gasteiger partial charge < -0.3 is 15.5 Å². The lowest BCUT2D eigenvalue weighted by Crippen LogP contribution is -2.44. The Bertz CT molecular complexity index is 320. The van der Waals surface area contributed by atoms with Crippen LogP contribution in [0.15, 0.2) is 23.5 Å². The van der Waals surface area contributed by atoms with Crippen LogP contribution in [0.4, 0.5) is 0 Å². The third kappa shape index (κ3) is 3.03. The standard InChI is InChI=1S/C9H13N2O4/c1-2-9(12,13)10-7-5-3-4-6-8(7)11(14)15/h3,5-6,10,12-13H,2,4H2,1H3. The Kier molecular flexibility index (Phi) is 3.43. The Morgan fingerprint density at radius 1 is 1.67 bits per heavy atom. The highest BCUT2D eigenvalue weighted by molar-refractivity contribution is 5.31. The molecule has 0 saturated carbocycles. The molecule has 0 fully saturated rings. The van der Waals surface area contributed by atoms with E-state index in [1.54, 1.807) is 13.3 Å². The molecule has 83 valence electrons. The lowest BCUT2D eigenvalue weighted by atomic mass is 10.1. The van der Waals surface area contributed by atoms with Gasteiger partial charge in [-0.1, -0.05) is 13.0 Å². The monoisotopic (exact) mass is 213 g/mol. The molecule has 0 amide bonds. The first-order chi connectivity index (χ1) is 6.96. The molecule has 0 heterocycles. The van der Waals surface area contributed by atoms with Crippen molar-refractivity contribution in [2.75, 3.05) is 0 Å². The molecule has 0 atom stereocenters. The number of allylic oxidation sites excluding steroid dienone is 2.